The van der Waals surface area contributed by atoms with Crippen LogP contribution in [0.3, 0.4) is 0 Å². The third-order valence-corrected chi connectivity index (χ3v) is 5.59. The summed E-state index contributed by atoms with van der Waals surface area (Å²) in [6.07, 6.45) is 1.15. The average Bonchev–Trinajstić information content (AvgIpc) is 2.58. The highest BCUT2D eigenvalue weighted by Crippen LogP contribution is 2.24. The van der Waals surface area contributed by atoms with Gasteiger partial charge in [0.2, 0.25) is 0 Å². The molecule has 1 amide bonds. The van der Waals surface area contributed by atoms with E-state index in [-0.39, 0.29) is 22.8 Å². The predicted octanol–water partition coefficient (Wildman–Crippen LogP) is 4.34. The van der Waals surface area contributed by atoms with Crippen LogP contribution in [0.25, 0.3) is 0 Å². The lowest BCUT2D eigenvalue weighted by Crippen LogP contribution is -2.31. The van der Waals surface area contributed by atoms with Crippen molar-refractivity contribution in [3.8, 4) is 0 Å². The molecule has 0 spiro atoms. The minimum atomic E-state index is -3.27. The first kappa shape index (κ1) is 20.2. The first-order chi connectivity index (χ1) is 12.1. The van der Waals surface area contributed by atoms with Gasteiger partial charge in [0.25, 0.3) is 5.91 Å². The summed E-state index contributed by atoms with van der Waals surface area (Å²) in [5.41, 5.74) is 2.77. The van der Waals surface area contributed by atoms with Gasteiger partial charge in [-0.05, 0) is 47.2 Å². The molecule has 0 fully saturated rings. The molecule has 0 saturated carbocycles. The second-order valence-corrected chi connectivity index (χ2v) is 9.33. The highest BCUT2D eigenvalue weighted by atomic mass is 32.2. The monoisotopic (exact) mass is 373 g/mol. The Hall–Kier alpha value is -2.14. The van der Waals surface area contributed by atoms with E-state index in [9.17, 15) is 13.2 Å². The largest absolute Gasteiger partial charge is 0.345 e. The van der Waals surface area contributed by atoms with Crippen molar-refractivity contribution >= 4 is 15.7 Å². The normalized spacial score (nSPS) is 13.0. The molecule has 1 N–H and O–H groups in total. The van der Waals surface area contributed by atoms with Crippen LogP contribution in [0.15, 0.2) is 53.4 Å². The maximum absolute atomic E-state index is 12.6. The fourth-order valence-electron chi connectivity index (χ4n) is 2.80. The smallest absolute Gasteiger partial charge is 0.251 e. The van der Waals surface area contributed by atoms with Crippen LogP contribution in [0.1, 0.15) is 61.1 Å². The molecule has 0 saturated heterocycles. The number of carbonyl (C=O) groups excluding carboxylic acids is 1. The molecule has 4 nitrogen and oxygen atoms in total. The Labute approximate surface area is 156 Å². The molecule has 0 bridgehead atoms. The van der Waals surface area contributed by atoms with Crippen LogP contribution in [-0.4, -0.2) is 20.6 Å². The SMILES string of the molecule is CC(C)c1ccc(C(NC(=O)c2ccc(S(C)(=O)=O)cc2)C(C)C)cc1. The standard InChI is InChI=1S/C21H27NO3S/c1-14(2)16-6-8-17(9-7-16)20(15(3)4)22-21(23)18-10-12-19(13-11-18)26(5,24)25/h6-15,20H,1-5H3,(H,22,23). The van der Waals surface area contributed by atoms with Gasteiger partial charge in [0.05, 0.1) is 10.9 Å². The Kier molecular flexibility index (Phi) is 6.24. The second-order valence-electron chi connectivity index (χ2n) is 7.31. The molecule has 5 heteroatoms. The van der Waals surface area contributed by atoms with E-state index in [1.54, 1.807) is 12.1 Å². The summed E-state index contributed by atoms with van der Waals surface area (Å²) in [6, 6.07) is 14.2. The summed E-state index contributed by atoms with van der Waals surface area (Å²) in [5, 5.41) is 3.07. The van der Waals surface area contributed by atoms with Crippen LogP contribution in [0.5, 0.6) is 0 Å². The Balaban J connectivity index is 2.20. The summed E-state index contributed by atoms with van der Waals surface area (Å²) < 4.78 is 23.1. The van der Waals surface area contributed by atoms with Crippen LogP contribution in [0.2, 0.25) is 0 Å². The van der Waals surface area contributed by atoms with E-state index in [1.165, 1.54) is 17.7 Å². The van der Waals surface area contributed by atoms with Crippen molar-refractivity contribution < 1.29 is 13.2 Å². The molecule has 26 heavy (non-hydrogen) atoms. The van der Waals surface area contributed by atoms with Gasteiger partial charge >= 0.3 is 0 Å². The molecule has 2 aromatic rings. The van der Waals surface area contributed by atoms with Crippen LogP contribution in [-0.2, 0) is 9.84 Å². The van der Waals surface area contributed by atoms with E-state index in [0.29, 0.717) is 11.5 Å². The molecular formula is C21H27NO3S. The van der Waals surface area contributed by atoms with Crippen LogP contribution in [0.4, 0.5) is 0 Å². The lowest BCUT2D eigenvalue weighted by Gasteiger charge is -2.23. The Morgan fingerprint density at radius 2 is 1.35 bits per heavy atom. The van der Waals surface area contributed by atoms with E-state index in [2.05, 4.69) is 57.3 Å². The molecule has 0 aliphatic rings. The highest BCUT2D eigenvalue weighted by Gasteiger charge is 2.20. The van der Waals surface area contributed by atoms with Crippen molar-refractivity contribution in [3.63, 3.8) is 0 Å². The van der Waals surface area contributed by atoms with Crippen molar-refractivity contribution in [2.75, 3.05) is 6.26 Å². The van der Waals surface area contributed by atoms with Crippen molar-refractivity contribution in [2.45, 2.75) is 44.6 Å². The van der Waals surface area contributed by atoms with Crippen molar-refractivity contribution in [2.24, 2.45) is 5.92 Å². The topological polar surface area (TPSA) is 63.2 Å². The van der Waals surface area contributed by atoms with Gasteiger partial charge < -0.3 is 5.32 Å². The lowest BCUT2D eigenvalue weighted by molar-refractivity contribution is 0.0925. The molecule has 140 valence electrons. The molecule has 1 unspecified atom stereocenters. The van der Waals surface area contributed by atoms with Gasteiger partial charge in [0, 0.05) is 11.8 Å². The van der Waals surface area contributed by atoms with Gasteiger partial charge in [-0.15, -0.1) is 0 Å². The summed E-state index contributed by atoms with van der Waals surface area (Å²) in [6.45, 7) is 8.43. The van der Waals surface area contributed by atoms with Crippen LogP contribution in [0, 0.1) is 5.92 Å². The first-order valence-corrected chi connectivity index (χ1v) is 10.7. The first-order valence-electron chi connectivity index (χ1n) is 8.80. The van der Waals surface area contributed by atoms with Crippen molar-refractivity contribution in [1.29, 1.82) is 0 Å². The molecule has 2 rings (SSSR count). The maximum atomic E-state index is 12.6. The van der Waals surface area contributed by atoms with Crippen molar-refractivity contribution in [1.82, 2.24) is 5.32 Å². The number of hydrogen-bond donors (Lipinski definition) is 1. The number of hydrogen-bond acceptors (Lipinski definition) is 3. The minimum Gasteiger partial charge on any atom is -0.345 e. The highest BCUT2D eigenvalue weighted by molar-refractivity contribution is 7.90. The third-order valence-electron chi connectivity index (χ3n) is 4.46. The number of nitrogens with one attached hydrogen (secondary N) is 1. The van der Waals surface area contributed by atoms with Gasteiger partial charge in [-0.1, -0.05) is 52.0 Å². The molecule has 0 aromatic heterocycles. The van der Waals surface area contributed by atoms with E-state index in [1.807, 2.05) is 0 Å². The molecule has 0 heterocycles. The molecule has 1 atom stereocenters. The number of rotatable bonds is 6. The summed E-state index contributed by atoms with van der Waals surface area (Å²) in [5.74, 6) is 0.473. The van der Waals surface area contributed by atoms with Crippen LogP contribution >= 0.6 is 0 Å². The van der Waals surface area contributed by atoms with E-state index >= 15 is 0 Å². The number of amides is 1. The summed E-state index contributed by atoms with van der Waals surface area (Å²) >= 11 is 0. The molecule has 0 radical (unpaired) electrons. The number of carbonyl (C=O) groups is 1. The van der Waals surface area contributed by atoms with Gasteiger partial charge in [0.15, 0.2) is 9.84 Å². The average molecular weight is 374 g/mol. The zero-order valence-electron chi connectivity index (χ0n) is 16.0. The number of benzene rings is 2. The van der Waals surface area contributed by atoms with Gasteiger partial charge in [-0.2, -0.15) is 0 Å². The Bertz CT molecular complexity index is 851. The lowest BCUT2D eigenvalue weighted by atomic mass is 9.93. The Morgan fingerprint density at radius 3 is 1.77 bits per heavy atom. The number of sulfone groups is 1. The quantitative estimate of drug-likeness (QED) is 0.819. The molecule has 2 aromatic carbocycles. The molecule has 0 aliphatic heterocycles. The van der Waals surface area contributed by atoms with E-state index in [0.717, 1.165) is 11.8 Å². The summed E-state index contributed by atoms with van der Waals surface area (Å²) in [7, 11) is -3.27. The van der Waals surface area contributed by atoms with E-state index < -0.39 is 9.84 Å². The fraction of sp³-hybridized carbons (Fsp3) is 0.381. The van der Waals surface area contributed by atoms with E-state index in [4.69, 9.17) is 0 Å². The Morgan fingerprint density at radius 1 is 0.846 bits per heavy atom. The predicted molar refractivity (Wildman–Crippen MR) is 105 cm³/mol. The minimum absolute atomic E-state index is 0.113. The summed E-state index contributed by atoms with van der Waals surface area (Å²) in [4.78, 5) is 12.8. The fourth-order valence-corrected chi connectivity index (χ4v) is 3.43. The van der Waals surface area contributed by atoms with Crippen molar-refractivity contribution in [3.05, 3.63) is 65.2 Å². The third kappa shape index (κ3) is 4.94. The van der Waals surface area contributed by atoms with Gasteiger partial charge in [-0.3, -0.25) is 4.79 Å². The van der Waals surface area contributed by atoms with Gasteiger partial charge in [0.1, 0.15) is 0 Å². The maximum Gasteiger partial charge on any atom is 0.251 e. The molecular weight excluding hydrogens is 346 g/mol. The zero-order chi connectivity index (χ0) is 19.5. The second kappa shape index (κ2) is 8.04. The molecule has 0 aliphatic carbocycles. The van der Waals surface area contributed by atoms with Crippen LogP contribution < -0.4 is 5.32 Å². The van der Waals surface area contributed by atoms with Gasteiger partial charge in [-0.25, -0.2) is 8.42 Å². The zero-order valence-corrected chi connectivity index (χ0v) is 16.8.